The fourth-order valence-electron chi connectivity index (χ4n) is 1.74. The van der Waals surface area contributed by atoms with Crippen LogP contribution in [0.5, 0.6) is 11.5 Å². The van der Waals surface area contributed by atoms with Crippen molar-refractivity contribution in [2.45, 2.75) is 4.90 Å². The number of phenols is 1. The van der Waals surface area contributed by atoms with Crippen LogP contribution in [0.1, 0.15) is 0 Å². The molecule has 1 N–H and O–H groups in total. The summed E-state index contributed by atoms with van der Waals surface area (Å²) >= 11 is 1.69. The van der Waals surface area contributed by atoms with E-state index >= 15 is 0 Å². The van der Waals surface area contributed by atoms with Gasteiger partial charge < -0.3 is 9.84 Å². The van der Waals surface area contributed by atoms with Crippen molar-refractivity contribution in [3.8, 4) is 22.6 Å². The average Bonchev–Trinajstić information content (AvgIpc) is 2.37. The van der Waals surface area contributed by atoms with Crippen LogP contribution in [0, 0.1) is 0 Å². The molecule has 88 valence electrons. The third-order valence-electron chi connectivity index (χ3n) is 2.54. The van der Waals surface area contributed by atoms with Crippen LogP contribution in [-0.4, -0.2) is 18.5 Å². The molecule has 17 heavy (non-hydrogen) atoms. The number of thioether (sulfide) groups is 1. The summed E-state index contributed by atoms with van der Waals surface area (Å²) < 4.78 is 5.16. The van der Waals surface area contributed by atoms with Gasteiger partial charge in [0.15, 0.2) is 0 Å². The van der Waals surface area contributed by atoms with Crippen molar-refractivity contribution in [2.75, 3.05) is 13.4 Å². The van der Waals surface area contributed by atoms with E-state index in [1.807, 2.05) is 30.5 Å². The van der Waals surface area contributed by atoms with Crippen molar-refractivity contribution in [2.24, 2.45) is 0 Å². The van der Waals surface area contributed by atoms with Crippen LogP contribution in [-0.2, 0) is 0 Å². The number of hydrogen-bond donors (Lipinski definition) is 1. The topological polar surface area (TPSA) is 29.5 Å². The molecular weight excluding hydrogens is 232 g/mol. The van der Waals surface area contributed by atoms with Gasteiger partial charge in [-0.3, -0.25) is 0 Å². The average molecular weight is 246 g/mol. The second kappa shape index (κ2) is 5.15. The quantitative estimate of drug-likeness (QED) is 0.835. The molecule has 2 nitrogen and oxygen atoms in total. The minimum absolute atomic E-state index is 0.218. The van der Waals surface area contributed by atoms with Crippen LogP contribution in [0.25, 0.3) is 11.1 Å². The molecular formula is C14H14O2S. The zero-order valence-electron chi connectivity index (χ0n) is 9.81. The van der Waals surface area contributed by atoms with Gasteiger partial charge in [-0.2, -0.15) is 0 Å². The Balaban J connectivity index is 2.55. The highest BCUT2D eigenvalue weighted by atomic mass is 32.2. The molecule has 2 aromatic rings. The Morgan fingerprint density at radius 3 is 2.59 bits per heavy atom. The van der Waals surface area contributed by atoms with E-state index in [1.165, 1.54) is 4.90 Å². The molecule has 0 aliphatic heterocycles. The number of methoxy groups -OCH3 is 1. The maximum Gasteiger partial charge on any atom is 0.123 e. The summed E-state index contributed by atoms with van der Waals surface area (Å²) in [6, 6.07) is 13.4. The van der Waals surface area contributed by atoms with Gasteiger partial charge in [0.2, 0.25) is 0 Å². The molecule has 0 atom stereocenters. The van der Waals surface area contributed by atoms with E-state index in [1.54, 1.807) is 31.0 Å². The molecule has 0 fully saturated rings. The summed E-state index contributed by atoms with van der Waals surface area (Å²) in [4.78, 5) is 1.18. The normalized spacial score (nSPS) is 10.2. The second-order valence-electron chi connectivity index (χ2n) is 3.62. The van der Waals surface area contributed by atoms with Gasteiger partial charge in [0.1, 0.15) is 11.5 Å². The smallest absolute Gasteiger partial charge is 0.123 e. The highest BCUT2D eigenvalue weighted by Crippen LogP contribution is 2.34. The Bertz CT molecular complexity index is 523. The lowest BCUT2D eigenvalue weighted by Crippen LogP contribution is -1.86. The molecule has 0 aliphatic rings. The Morgan fingerprint density at radius 1 is 1.12 bits per heavy atom. The number of hydrogen-bond acceptors (Lipinski definition) is 3. The van der Waals surface area contributed by atoms with Crippen LogP contribution in [0.4, 0.5) is 0 Å². The maximum atomic E-state index is 9.66. The summed E-state index contributed by atoms with van der Waals surface area (Å²) in [6.07, 6.45) is 2.04. The third kappa shape index (κ3) is 2.56. The lowest BCUT2D eigenvalue weighted by atomic mass is 10.1. The summed E-state index contributed by atoms with van der Waals surface area (Å²) in [5.74, 6) is 0.881. The van der Waals surface area contributed by atoms with Gasteiger partial charge in [0, 0.05) is 11.0 Å². The van der Waals surface area contributed by atoms with Crippen LogP contribution in [0.3, 0.4) is 0 Å². The van der Waals surface area contributed by atoms with E-state index < -0.39 is 0 Å². The molecule has 2 aromatic carbocycles. The van der Waals surface area contributed by atoms with Gasteiger partial charge in [0.05, 0.1) is 7.11 Å². The highest BCUT2D eigenvalue weighted by molar-refractivity contribution is 7.98. The van der Waals surface area contributed by atoms with Crippen molar-refractivity contribution >= 4 is 11.8 Å². The number of ether oxygens (including phenoxy) is 1. The predicted molar refractivity (Wildman–Crippen MR) is 71.9 cm³/mol. The monoisotopic (exact) mass is 246 g/mol. The molecule has 0 aromatic heterocycles. The van der Waals surface area contributed by atoms with Crippen molar-refractivity contribution in [3.05, 3.63) is 42.5 Å². The zero-order chi connectivity index (χ0) is 12.3. The first kappa shape index (κ1) is 11.9. The van der Waals surface area contributed by atoms with Crippen LogP contribution >= 0.6 is 11.8 Å². The summed E-state index contributed by atoms with van der Waals surface area (Å²) in [7, 11) is 1.60. The number of aromatic hydroxyl groups is 1. The molecule has 0 saturated heterocycles. The Hall–Kier alpha value is -1.61. The fraction of sp³-hybridized carbons (Fsp3) is 0.143. The van der Waals surface area contributed by atoms with Crippen LogP contribution < -0.4 is 4.74 Å². The molecule has 0 aliphatic carbocycles. The van der Waals surface area contributed by atoms with Crippen molar-refractivity contribution in [1.82, 2.24) is 0 Å². The maximum absolute atomic E-state index is 9.66. The summed E-state index contributed by atoms with van der Waals surface area (Å²) in [5.41, 5.74) is 2.07. The summed E-state index contributed by atoms with van der Waals surface area (Å²) in [5, 5.41) is 9.66. The lowest BCUT2D eigenvalue weighted by Gasteiger charge is -2.09. The minimum atomic E-state index is 0.218. The van der Waals surface area contributed by atoms with E-state index in [-0.39, 0.29) is 5.75 Å². The Labute approximate surface area is 105 Å². The van der Waals surface area contributed by atoms with Gasteiger partial charge in [-0.15, -0.1) is 11.8 Å². The highest BCUT2D eigenvalue weighted by Gasteiger charge is 2.06. The molecule has 0 unspecified atom stereocenters. The van der Waals surface area contributed by atoms with E-state index in [4.69, 9.17) is 4.74 Å². The van der Waals surface area contributed by atoms with E-state index in [0.29, 0.717) is 5.75 Å². The molecule has 3 heteroatoms. The van der Waals surface area contributed by atoms with Gasteiger partial charge in [-0.1, -0.05) is 18.2 Å². The van der Waals surface area contributed by atoms with Crippen LogP contribution in [0.15, 0.2) is 47.4 Å². The number of phenolic OH excluding ortho intramolecular Hbond substituents is 1. The SMILES string of the molecule is COc1cc(O)cc(-c2ccccc2SC)c1. The van der Waals surface area contributed by atoms with Gasteiger partial charge in [0.25, 0.3) is 0 Å². The molecule has 0 amide bonds. The Morgan fingerprint density at radius 2 is 1.88 bits per heavy atom. The second-order valence-corrected chi connectivity index (χ2v) is 4.47. The van der Waals surface area contributed by atoms with Crippen molar-refractivity contribution in [1.29, 1.82) is 0 Å². The molecule has 0 heterocycles. The molecule has 0 bridgehead atoms. The number of rotatable bonds is 3. The van der Waals surface area contributed by atoms with E-state index in [9.17, 15) is 5.11 Å². The fourth-order valence-corrected chi connectivity index (χ4v) is 2.36. The van der Waals surface area contributed by atoms with Crippen molar-refractivity contribution in [3.63, 3.8) is 0 Å². The first-order valence-corrected chi connectivity index (χ1v) is 6.48. The standard InChI is InChI=1S/C14H14O2S/c1-16-12-8-10(7-11(15)9-12)13-5-3-4-6-14(13)17-2/h3-9,15H,1-2H3. The van der Waals surface area contributed by atoms with E-state index in [2.05, 4.69) is 6.07 Å². The van der Waals surface area contributed by atoms with E-state index in [0.717, 1.165) is 11.1 Å². The third-order valence-corrected chi connectivity index (χ3v) is 3.34. The first-order chi connectivity index (χ1) is 8.24. The predicted octanol–water partition coefficient (Wildman–Crippen LogP) is 3.79. The van der Waals surface area contributed by atoms with Gasteiger partial charge in [-0.25, -0.2) is 0 Å². The van der Waals surface area contributed by atoms with Crippen LogP contribution in [0.2, 0.25) is 0 Å². The lowest BCUT2D eigenvalue weighted by molar-refractivity contribution is 0.408. The number of benzene rings is 2. The molecule has 2 rings (SSSR count). The Kier molecular flexibility index (Phi) is 3.59. The minimum Gasteiger partial charge on any atom is -0.508 e. The molecule has 0 saturated carbocycles. The van der Waals surface area contributed by atoms with Crippen molar-refractivity contribution < 1.29 is 9.84 Å². The van der Waals surface area contributed by atoms with Gasteiger partial charge in [-0.05, 0) is 35.6 Å². The first-order valence-electron chi connectivity index (χ1n) is 5.26. The molecule has 0 radical (unpaired) electrons. The van der Waals surface area contributed by atoms with Gasteiger partial charge >= 0.3 is 0 Å². The molecule has 0 spiro atoms. The summed E-state index contributed by atoms with van der Waals surface area (Å²) in [6.45, 7) is 0. The zero-order valence-corrected chi connectivity index (χ0v) is 10.6. The largest absolute Gasteiger partial charge is 0.508 e.